The van der Waals surface area contributed by atoms with Crippen molar-refractivity contribution in [1.29, 1.82) is 0 Å². The van der Waals surface area contributed by atoms with Gasteiger partial charge in [0.15, 0.2) is 0 Å². The Labute approximate surface area is 189 Å². The Bertz CT molecular complexity index is 1080. The van der Waals surface area contributed by atoms with Crippen molar-refractivity contribution in [3.05, 3.63) is 107 Å². The fourth-order valence-corrected chi connectivity index (χ4v) is 3.00. The Hall–Kier alpha value is -3.65. The van der Waals surface area contributed by atoms with Crippen molar-refractivity contribution in [3.63, 3.8) is 0 Å². The number of benzene rings is 3. The first-order valence-electron chi connectivity index (χ1n) is 10.0. The van der Waals surface area contributed by atoms with Gasteiger partial charge in [-0.05, 0) is 37.6 Å². The van der Waals surface area contributed by atoms with Crippen LogP contribution < -0.4 is 5.73 Å². The maximum atomic E-state index is 13.0. The van der Waals surface area contributed by atoms with Crippen molar-refractivity contribution in [3.8, 4) is 0 Å². The second-order valence-electron chi connectivity index (χ2n) is 7.18. The van der Waals surface area contributed by atoms with Gasteiger partial charge < -0.3 is 15.6 Å². The third kappa shape index (κ3) is 7.18. The second-order valence-corrected chi connectivity index (χ2v) is 7.18. The van der Waals surface area contributed by atoms with Crippen LogP contribution in [0.5, 0.6) is 0 Å². The number of carbonyl (C=O) groups is 2. The Balaban J connectivity index is 0.000000357. The zero-order chi connectivity index (χ0) is 24.6. The molecule has 33 heavy (non-hydrogen) atoms. The molecule has 0 unspecified atom stereocenters. The van der Waals surface area contributed by atoms with Crippen LogP contribution in [-0.4, -0.2) is 17.0 Å². The van der Waals surface area contributed by atoms with Gasteiger partial charge in [0.1, 0.15) is 6.10 Å². The Kier molecular flexibility index (Phi) is 8.76. The molecule has 0 aliphatic heterocycles. The van der Waals surface area contributed by atoms with Gasteiger partial charge >= 0.3 is 18.1 Å². The molecule has 0 saturated carbocycles. The third-order valence-corrected chi connectivity index (χ3v) is 4.69. The molecule has 3 rings (SSSR count). The fraction of sp³-hybridized carbons (Fsp3) is 0.200. The first-order chi connectivity index (χ1) is 15.5. The molecule has 174 valence electrons. The molecular weight excluding hydrogens is 435 g/mol. The number of nitrogens with two attached hydrogens (primary N) is 1. The number of carboxylic acid groups (broad SMARTS) is 1. The van der Waals surface area contributed by atoms with E-state index in [9.17, 15) is 22.8 Å². The van der Waals surface area contributed by atoms with Gasteiger partial charge in [0.2, 0.25) is 0 Å². The van der Waals surface area contributed by atoms with Gasteiger partial charge in [-0.25, -0.2) is 9.59 Å². The highest BCUT2D eigenvalue weighted by Crippen LogP contribution is 2.35. The minimum atomic E-state index is -4.59. The van der Waals surface area contributed by atoms with Crippen LogP contribution in [0, 0.1) is 0 Å². The molecule has 0 radical (unpaired) electrons. The Morgan fingerprint density at radius 1 is 0.848 bits per heavy atom. The molecule has 0 fully saturated rings. The lowest BCUT2D eigenvalue weighted by Crippen LogP contribution is -2.17. The molecule has 0 spiro atoms. The number of halogens is 3. The summed E-state index contributed by atoms with van der Waals surface area (Å²) in [4.78, 5) is 23.3. The zero-order valence-electron chi connectivity index (χ0n) is 18.0. The topological polar surface area (TPSA) is 89.6 Å². The predicted molar refractivity (Wildman–Crippen MR) is 118 cm³/mol. The number of carboxylic acids is 1. The molecule has 3 aromatic rings. The first kappa shape index (κ1) is 25.6. The molecule has 0 bridgehead atoms. The summed E-state index contributed by atoms with van der Waals surface area (Å²) >= 11 is 0. The summed E-state index contributed by atoms with van der Waals surface area (Å²) in [6.45, 7) is 3.28. The number of carbonyl (C=O) groups excluding carboxylic acids is 1. The van der Waals surface area contributed by atoms with Gasteiger partial charge in [-0.15, -0.1) is 0 Å². The fourth-order valence-electron chi connectivity index (χ4n) is 3.00. The SMILES string of the molecule is C[C@H](N)c1ccccc1.C[C@H](OC(=O)c1ccccc1C(=O)O)c1ccccc1C(F)(F)F. The lowest BCUT2D eigenvalue weighted by atomic mass is 10.0. The van der Waals surface area contributed by atoms with E-state index in [1.165, 1.54) is 55.0 Å². The molecule has 0 saturated heterocycles. The van der Waals surface area contributed by atoms with Crippen LogP contribution in [0.3, 0.4) is 0 Å². The van der Waals surface area contributed by atoms with E-state index in [0.29, 0.717) is 0 Å². The van der Waals surface area contributed by atoms with E-state index < -0.39 is 29.8 Å². The molecule has 0 amide bonds. The lowest BCUT2D eigenvalue weighted by molar-refractivity contribution is -0.139. The molecule has 2 atom stereocenters. The third-order valence-electron chi connectivity index (χ3n) is 4.69. The quantitative estimate of drug-likeness (QED) is 0.455. The summed E-state index contributed by atoms with van der Waals surface area (Å²) in [6, 6.07) is 20.3. The van der Waals surface area contributed by atoms with Crippen molar-refractivity contribution in [2.45, 2.75) is 32.2 Å². The summed E-state index contributed by atoms with van der Waals surface area (Å²) in [7, 11) is 0. The van der Waals surface area contributed by atoms with Crippen molar-refractivity contribution in [2.24, 2.45) is 5.73 Å². The Morgan fingerprint density at radius 3 is 1.88 bits per heavy atom. The molecule has 0 aliphatic rings. The number of hydrogen-bond donors (Lipinski definition) is 2. The van der Waals surface area contributed by atoms with Crippen LogP contribution >= 0.6 is 0 Å². The van der Waals surface area contributed by atoms with E-state index in [1.54, 1.807) is 0 Å². The smallest absolute Gasteiger partial charge is 0.416 e. The van der Waals surface area contributed by atoms with Gasteiger partial charge in [0, 0.05) is 11.6 Å². The predicted octanol–water partition coefficient (Wildman–Crippen LogP) is 6.03. The highest BCUT2D eigenvalue weighted by molar-refractivity contribution is 6.02. The van der Waals surface area contributed by atoms with Gasteiger partial charge in [0.25, 0.3) is 0 Å². The summed E-state index contributed by atoms with van der Waals surface area (Å²) in [6.07, 6.45) is -5.78. The van der Waals surface area contributed by atoms with Crippen LogP contribution in [0.1, 0.15) is 63.4 Å². The van der Waals surface area contributed by atoms with Crippen LogP contribution in [0.15, 0.2) is 78.9 Å². The molecule has 0 heterocycles. The highest BCUT2D eigenvalue weighted by atomic mass is 19.4. The number of esters is 1. The largest absolute Gasteiger partial charge is 0.478 e. The summed E-state index contributed by atoms with van der Waals surface area (Å²) in [5.74, 6) is -2.33. The average molecular weight is 459 g/mol. The Morgan fingerprint density at radius 2 is 1.36 bits per heavy atom. The van der Waals surface area contributed by atoms with Gasteiger partial charge in [-0.3, -0.25) is 0 Å². The van der Waals surface area contributed by atoms with Crippen LogP contribution in [0.25, 0.3) is 0 Å². The van der Waals surface area contributed by atoms with E-state index in [2.05, 4.69) is 0 Å². The minimum Gasteiger partial charge on any atom is -0.478 e. The normalized spacial score (nSPS) is 12.7. The van der Waals surface area contributed by atoms with Crippen LogP contribution in [0.2, 0.25) is 0 Å². The second kappa shape index (κ2) is 11.3. The number of rotatable bonds is 5. The number of hydrogen-bond acceptors (Lipinski definition) is 4. The van der Waals surface area contributed by atoms with E-state index in [-0.39, 0.29) is 22.7 Å². The summed E-state index contributed by atoms with van der Waals surface area (Å²) in [5.41, 5.74) is 5.20. The molecule has 5 nitrogen and oxygen atoms in total. The van der Waals surface area contributed by atoms with Crippen LogP contribution in [0.4, 0.5) is 13.2 Å². The first-order valence-corrected chi connectivity index (χ1v) is 10.0. The average Bonchev–Trinajstić information content (AvgIpc) is 2.79. The van der Waals surface area contributed by atoms with Gasteiger partial charge in [-0.2, -0.15) is 13.2 Å². The maximum absolute atomic E-state index is 13.0. The van der Waals surface area contributed by atoms with E-state index in [4.69, 9.17) is 15.6 Å². The lowest BCUT2D eigenvalue weighted by Gasteiger charge is -2.19. The summed E-state index contributed by atoms with van der Waals surface area (Å²) < 4.78 is 44.1. The zero-order valence-corrected chi connectivity index (χ0v) is 18.0. The van der Waals surface area contributed by atoms with Crippen molar-refractivity contribution in [1.82, 2.24) is 0 Å². The minimum absolute atomic E-state index is 0.159. The van der Waals surface area contributed by atoms with Crippen molar-refractivity contribution < 1.29 is 32.6 Å². The number of aromatic carboxylic acids is 1. The molecule has 8 heteroatoms. The van der Waals surface area contributed by atoms with E-state index >= 15 is 0 Å². The number of alkyl halides is 3. The maximum Gasteiger partial charge on any atom is 0.416 e. The number of ether oxygens (including phenoxy) is 1. The van der Waals surface area contributed by atoms with Gasteiger partial charge in [-0.1, -0.05) is 60.7 Å². The summed E-state index contributed by atoms with van der Waals surface area (Å²) in [5, 5.41) is 9.06. The molecule has 3 aromatic carbocycles. The van der Waals surface area contributed by atoms with Crippen molar-refractivity contribution >= 4 is 11.9 Å². The molecular formula is C25H24F3NO4. The van der Waals surface area contributed by atoms with Crippen molar-refractivity contribution in [2.75, 3.05) is 0 Å². The van der Waals surface area contributed by atoms with Gasteiger partial charge in [0.05, 0.1) is 16.7 Å². The molecule has 0 aromatic heterocycles. The highest BCUT2D eigenvalue weighted by Gasteiger charge is 2.35. The van der Waals surface area contributed by atoms with Crippen LogP contribution in [-0.2, 0) is 10.9 Å². The van der Waals surface area contributed by atoms with E-state index in [0.717, 1.165) is 6.07 Å². The monoisotopic (exact) mass is 459 g/mol. The van der Waals surface area contributed by atoms with E-state index in [1.807, 2.05) is 37.3 Å². The molecule has 0 aliphatic carbocycles. The molecule has 3 N–H and O–H groups in total. The standard InChI is InChI=1S/C17H13F3O4.C8H11N/c1-10(11-6-4-5-9-14(11)17(18,19)20)24-16(23)13-8-3-2-7-12(13)15(21)22;1-7(9)8-5-3-2-4-6-8/h2-10H,1H3,(H,21,22);2-7H,9H2,1H3/t10-;7-/m00/s1.